The molecule has 0 aliphatic carbocycles. The zero-order valence-electron chi connectivity index (χ0n) is 11.3. The molecule has 0 saturated carbocycles. The van der Waals surface area contributed by atoms with Gasteiger partial charge in [0.05, 0.1) is 8.07 Å². The van der Waals surface area contributed by atoms with Crippen molar-refractivity contribution in [2.75, 3.05) is 0 Å². The molecule has 0 amide bonds. The van der Waals surface area contributed by atoms with E-state index in [1.54, 1.807) is 5.19 Å². The monoisotopic (exact) mass is 248 g/mol. The van der Waals surface area contributed by atoms with E-state index in [-0.39, 0.29) is 0 Å². The molecule has 0 radical (unpaired) electrons. The van der Waals surface area contributed by atoms with Crippen LogP contribution < -0.4 is 5.19 Å². The fraction of sp³-hybridized carbons (Fsp3) is 0.429. The summed E-state index contributed by atoms with van der Waals surface area (Å²) in [6.07, 6.45) is 1.91. The Labute approximate surface area is 102 Å². The lowest BCUT2D eigenvalue weighted by atomic mass is 10.2. The molecule has 0 atom stereocenters. The Kier molecular flexibility index (Phi) is 3.97. The van der Waals surface area contributed by atoms with Gasteiger partial charge >= 0.3 is 0 Å². The molecule has 0 unspecified atom stereocenters. The van der Waals surface area contributed by atoms with E-state index in [1.165, 1.54) is 11.2 Å². The van der Waals surface area contributed by atoms with Gasteiger partial charge in [0.15, 0.2) is 0 Å². The standard InChI is InChI=1S/C14H24Si2/c1-7-13-8-10-14(11-9-13)16(5,6)12-15(2,3)4/h7-11H,1,12H2,2-6H3. The van der Waals surface area contributed by atoms with Gasteiger partial charge < -0.3 is 0 Å². The predicted molar refractivity (Wildman–Crippen MR) is 81.8 cm³/mol. The van der Waals surface area contributed by atoms with Gasteiger partial charge in [0.1, 0.15) is 0 Å². The van der Waals surface area contributed by atoms with E-state index in [1.807, 2.05) is 6.08 Å². The maximum absolute atomic E-state index is 3.80. The highest BCUT2D eigenvalue weighted by Gasteiger charge is 2.30. The van der Waals surface area contributed by atoms with Gasteiger partial charge in [-0.15, -0.1) is 0 Å². The van der Waals surface area contributed by atoms with Crippen molar-refractivity contribution in [2.24, 2.45) is 0 Å². The summed E-state index contributed by atoms with van der Waals surface area (Å²) in [5, 5.41) is 1.58. The first-order chi connectivity index (χ1) is 7.24. The molecule has 0 nitrogen and oxygen atoms in total. The van der Waals surface area contributed by atoms with Crippen LogP contribution in [0.4, 0.5) is 0 Å². The molecule has 0 saturated heterocycles. The van der Waals surface area contributed by atoms with E-state index in [0.717, 1.165) is 0 Å². The van der Waals surface area contributed by atoms with Gasteiger partial charge in [-0.2, -0.15) is 0 Å². The van der Waals surface area contributed by atoms with E-state index in [2.05, 4.69) is 63.6 Å². The molecule has 0 aromatic heterocycles. The lowest BCUT2D eigenvalue weighted by molar-refractivity contribution is 1.53. The molecular formula is C14H24Si2. The topological polar surface area (TPSA) is 0 Å². The molecule has 0 spiro atoms. The Morgan fingerprint density at radius 2 is 1.50 bits per heavy atom. The number of hydrogen-bond acceptors (Lipinski definition) is 0. The summed E-state index contributed by atoms with van der Waals surface area (Å²) in [6, 6.07) is 9.01. The second-order valence-corrected chi connectivity index (χ2v) is 17.3. The third-order valence-electron chi connectivity index (χ3n) is 2.90. The lowest BCUT2D eigenvalue weighted by Gasteiger charge is -2.30. The first kappa shape index (κ1) is 13.5. The van der Waals surface area contributed by atoms with E-state index in [0.29, 0.717) is 0 Å². The van der Waals surface area contributed by atoms with Gasteiger partial charge in [-0.05, 0) is 5.56 Å². The smallest absolute Gasteiger partial charge is 0.0780 e. The number of benzene rings is 1. The van der Waals surface area contributed by atoms with Gasteiger partial charge in [-0.25, -0.2) is 0 Å². The van der Waals surface area contributed by atoms with Crippen LogP contribution >= 0.6 is 0 Å². The summed E-state index contributed by atoms with van der Waals surface area (Å²) in [7, 11) is -2.18. The first-order valence-corrected chi connectivity index (χ1v) is 12.9. The Hall–Kier alpha value is -0.606. The molecular weight excluding hydrogens is 224 g/mol. The molecule has 1 aromatic carbocycles. The van der Waals surface area contributed by atoms with Crippen LogP contribution in [0.15, 0.2) is 30.8 Å². The molecule has 1 rings (SSSR count). The minimum Gasteiger partial charge on any atom is -0.0985 e. The molecule has 1 aromatic rings. The van der Waals surface area contributed by atoms with Crippen LogP contribution in [0, 0.1) is 0 Å². The summed E-state index contributed by atoms with van der Waals surface area (Å²) in [5.74, 6) is 0. The van der Waals surface area contributed by atoms with E-state index >= 15 is 0 Å². The van der Waals surface area contributed by atoms with Crippen molar-refractivity contribution in [3.8, 4) is 0 Å². The quantitative estimate of drug-likeness (QED) is 0.703. The summed E-state index contributed by atoms with van der Waals surface area (Å²) in [5.41, 5.74) is 2.69. The average molecular weight is 249 g/mol. The van der Waals surface area contributed by atoms with Crippen LogP contribution in [0.25, 0.3) is 6.08 Å². The highest BCUT2D eigenvalue weighted by atomic mass is 28.4. The van der Waals surface area contributed by atoms with Gasteiger partial charge in [0.2, 0.25) is 0 Å². The van der Waals surface area contributed by atoms with Crippen molar-refractivity contribution < 1.29 is 0 Å². The zero-order valence-corrected chi connectivity index (χ0v) is 13.3. The third-order valence-corrected chi connectivity index (χ3v) is 12.6. The van der Waals surface area contributed by atoms with Crippen LogP contribution in [0.1, 0.15) is 5.56 Å². The summed E-state index contributed by atoms with van der Waals surface area (Å²) in [6.45, 7) is 16.2. The minimum absolute atomic E-state index is 0.956. The molecule has 0 aliphatic rings. The van der Waals surface area contributed by atoms with E-state index in [9.17, 15) is 0 Å². The van der Waals surface area contributed by atoms with Crippen LogP contribution in [-0.4, -0.2) is 16.1 Å². The van der Waals surface area contributed by atoms with Crippen molar-refractivity contribution in [2.45, 2.75) is 38.4 Å². The van der Waals surface area contributed by atoms with Gasteiger partial charge in [0, 0.05) is 8.07 Å². The zero-order chi connectivity index (χ0) is 12.4. The highest BCUT2D eigenvalue weighted by molar-refractivity contribution is 7.01. The molecule has 0 fully saturated rings. The maximum Gasteiger partial charge on any atom is 0.0780 e. The third kappa shape index (κ3) is 3.76. The first-order valence-electron chi connectivity index (χ1n) is 5.98. The van der Waals surface area contributed by atoms with Crippen LogP contribution in [0.5, 0.6) is 0 Å². The molecule has 88 valence electrons. The van der Waals surface area contributed by atoms with Crippen molar-refractivity contribution in [1.82, 2.24) is 0 Å². The molecule has 0 N–H and O–H groups in total. The Bertz CT molecular complexity index is 355. The predicted octanol–water partition coefficient (Wildman–Crippen LogP) is 4.12. The maximum atomic E-state index is 3.80. The second kappa shape index (κ2) is 4.72. The average Bonchev–Trinajstić information content (AvgIpc) is 2.14. The SMILES string of the molecule is C=Cc1ccc([Si](C)(C)C[Si](C)(C)C)cc1. The van der Waals surface area contributed by atoms with Gasteiger partial charge in [-0.3, -0.25) is 0 Å². The van der Waals surface area contributed by atoms with Crippen molar-refractivity contribution in [1.29, 1.82) is 0 Å². The molecule has 0 aliphatic heterocycles. The fourth-order valence-corrected chi connectivity index (χ4v) is 15.0. The largest absolute Gasteiger partial charge is 0.0985 e. The van der Waals surface area contributed by atoms with Crippen molar-refractivity contribution in [3.63, 3.8) is 0 Å². The number of hydrogen-bond donors (Lipinski definition) is 0. The minimum atomic E-state index is -1.22. The normalized spacial score (nSPS) is 12.6. The van der Waals surface area contributed by atoms with Crippen LogP contribution in [0.2, 0.25) is 38.4 Å². The number of rotatable bonds is 4. The van der Waals surface area contributed by atoms with Gasteiger partial charge in [0.25, 0.3) is 0 Å². The Morgan fingerprint density at radius 3 is 1.88 bits per heavy atom. The Balaban J connectivity index is 2.93. The second-order valence-electron chi connectivity index (χ2n) is 6.45. The van der Waals surface area contributed by atoms with Gasteiger partial charge in [-0.1, -0.05) is 80.5 Å². The summed E-state index contributed by atoms with van der Waals surface area (Å²) in [4.78, 5) is 0. The van der Waals surface area contributed by atoms with Crippen molar-refractivity contribution in [3.05, 3.63) is 36.4 Å². The molecule has 16 heavy (non-hydrogen) atoms. The summed E-state index contributed by atoms with van der Waals surface area (Å²) < 4.78 is 0. The van der Waals surface area contributed by atoms with E-state index < -0.39 is 16.1 Å². The van der Waals surface area contributed by atoms with Crippen LogP contribution in [-0.2, 0) is 0 Å². The lowest BCUT2D eigenvalue weighted by Crippen LogP contribution is -2.47. The molecule has 0 bridgehead atoms. The molecule has 0 heterocycles. The summed E-state index contributed by atoms with van der Waals surface area (Å²) >= 11 is 0. The van der Waals surface area contributed by atoms with Crippen LogP contribution in [0.3, 0.4) is 0 Å². The Morgan fingerprint density at radius 1 is 1.00 bits per heavy atom. The fourth-order valence-electron chi connectivity index (χ4n) is 2.50. The van der Waals surface area contributed by atoms with Crippen molar-refractivity contribution >= 4 is 27.4 Å². The van der Waals surface area contributed by atoms with E-state index in [4.69, 9.17) is 0 Å². The molecule has 2 heteroatoms. The highest BCUT2D eigenvalue weighted by Crippen LogP contribution is 2.19.